The quantitative estimate of drug-likeness (QED) is 0.580. The Labute approximate surface area is 135 Å². The van der Waals surface area contributed by atoms with Crippen molar-refractivity contribution in [2.45, 2.75) is 39.0 Å². The Morgan fingerprint density at radius 2 is 2.09 bits per heavy atom. The topological polar surface area (TPSA) is 68.0 Å². The molecule has 118 valence electrons. The Balaban J connectivity index is 1.57. The van der Waals surface area contributed by atoms with E-state index in [9.17, 15) is 4.79 Å². The highest BCUT2D eigenvalue weighted by Crippen LogP contribution is 2.13. The summed E-state index contributed by atoms with van der Waals surface area (Å²) in [5, 5.41) is 6.23. The maximum atomic E-state index is 11.8. The summed E-state index contributed by atoms with van der Waals surface area (Å²) in [6.07, 6.45) is 4.21. The minimum absolute atomic E-state index is 0.0911. The van der Waals surface area contributed by atoms with Gasteiger partial charge in [-0.2, -0.15) is 0 Å². The molecule has 0 aliphatic rings. The summed E-state index contributed by atoms with van der Waals surface area (Å²) < 4.78 is 0. The van der Waals surface area contributed by atoms with E-state index in [1.807, 2.05) is 31.2 Å². The Bertz CT molecular complexity index is 609. The van der Waals surface area contributed by atoms with Gasteiger partial charge in [-0.25, -0.2) is 4.98 Å². The molecule has 1 aromatic carbocycles. The number of hydrogen-bond acceptors (Lipinski definition) is 4. The highest BCUT2D eigenvalue weighted by Gasteiger charge is 2.04. The van der Waals surface area contributed by atoms with Gasteiger partial charge in [0.1, 0.15) is 0 Å². The smallest absolute Gasteiger partial charge is 0.220 e. The summed E-state index contributed by atoms with van der Waals surface area (Å²) in [5.41, 5.74) is 8.76. The number of nitrogens with two attached hydrogens (primary N) is 1. The molecule has 1 amide bonds. The molecule has 0 saturated heterocycles. The van der Waals surface area contributed by atoms with Crippen LogP contribution in [0.1, 0.15) is 35.5 Å². The Morgan fingerprint density at radius 1 is 1.27 bits per heavy atom. The van der Waals surface area contributed by atoms with Crippen LogP contribution < -0.4 is 11.1 Å². The maximum absolute atomic E-state index is 11.8. The van der Waals surface area contributed by atoms with Crippen molar-refractivity contribution >= 4 is 22.9 Å². The highest BCUT2D eigenvalue weighted by molar-refractivity contribution is 7.09. The second kappa shape index (κ2) is 8.54. The van der Waals surface area contributed by atoms with Gasteiger partial charge in [-0.15, -0.1) is 11.3 Å². The number of benzene rings is 1. The third-order valence-electron chi connectivity index (χ3n) is 3.48. The van der Waals surface area contributed by atoms with E-state index >= 15 is 0 Å². The molecule has 2 aromatic rings. The minimum atomic E-state index is 0.0911. The fourth-order valence-corrected chi connectivity index (χ4v) is 3.06. The van der Waals surface area contributed by atoms with Crippen LogP contribution in [-0.2, 0) is 17.6 Å². The molecule has 4 nitrogen and oxygen atoms in total. The molecule has 1 heterocycles. The fraction of sp³-hybridized carbons (Fsp3) is 0.412. The molecule has 0 aliphatic heterocycles. The average molecular weight is 317 g/mol. The summed E-state index contributed by atoms with van der Waals surface area (Å²) in [7, 11) is 0. The van der Waals surface area contributed by atoms with Crippen molar-refractivity contribution < 1.29 is 4.79 Å². The molecule has 0 atom stereocenters. The van der Waals surface area contributed by atoms with Crippen molar-refractivity contribution in [3.63, 3.8) is 0 Å². The van der Waals surface area contributed by atoms with E-state index in [0.29, 0.717) is 12.8 Å². The van der Waals surface area contributed by atoms with Gasteiger partial charge < -0.3 is 11.1 Å². The summed E-state index contributed by atoms with van der Waals surface area (Å²) in [4.78, 5) is 16.2. The number of thiazole rings is 1. The lowest BCUT2D eigenvalue weighted by Crippen LogP contribution is -2.24. The summed E-state index contributed by atoms with van der Waals surface area (Å²) in [6.45, 7) is 2.74. The van der Waals surface area contributed by atoms with E-state index < -0.39 is 0 Å². The summed E-state index contributed by atoms with van der Waals surface area (Å²) >= 11 is 1.71. The zero-order valence-corrected chi connectivity index (χ0v) is 13.8. The maximum Gasteiger partial charge on any atom is 0.220 e. The van der Waals surface area contributed by atoms with Crippen LogP contribution in [0.25, 0.3) is 0 Å². The number of para-hydroxylation sites is 1. The Hall–Kier alpha value is -1.88. The number of unbranched alkanes of at least 4 members (excludes halogenated alkanes) is 1. The van der Waals surface area contributed by atoms with E-state index in [-0.39, 0.29) is 5.91 Å². The van der Waals surface area contributed by atoms with Gasteiger partial charge in [0.2, 0.25) is 5.91 Å². The van der Waals surface area contributed by atoms with E-state index in [2.05, 4.69) is 15.7 Å². The van der Waals surface area contributed by atoms with Crippen molar-refractivity contribution in [2.75, 3.05) is 12.3 Å². The molecule has 3 N–H and O–H groups in total. The molecule has 0 spiro atoms. The van der Waals surface area contributed by atoms with Crippen LogP contribution in [0.5, 0.6) is 0 Å². The average Bonchev–Trinajstić information content (AvgIpc) is 2.91. The van der Waals surface area contributed by atoms with Gasteiger partial charge in [0.25, 0.3) is 0 Å². The number of carbonyl (C=O) groups excluding carboxylic acids is 1. The number of aromatic nitrogens is 1. The van der Waals surface area contributed by atoms with Crippen LogP contribution >= 0.6 is 11.3 Å². The number of rotatable bonds is 8. The Morgan fingerprint density at radius 3 is 2.82 bits per heavy atom. The number of nitrogen functional groups attached to an aromatic ring is 1. The molecule has 0 radical (unpaired) electrons. The second-order valence-corrected chi connectivity index (χ2v) is 6.33. The van der Waals surface area contributed by atoms with Crippen molar-refractivity contribution in [1.82, 2.24) is 10.3 Å². The van der Waals surface area contributed by atoms with E-state index in [4.69, 9.17) is 5.73 Å². The molecule has 5 heteroatoms. The van der Waals surface area contributed by atoms with Gasteiger partial charge >= 0.3 is 0 Å². The van der Waals surface area contributed by atoms with Gasteiger partial charge in [-0.1, -0.05) is 18.2 Å². The molecule has 0 fully saturated rings. The largest absolute Gasteiger partial charge is 0.399 e. The lowest BCUT2D eigenvalue weighted by molar-refractivity contribution is -0.121. The molecule has 0 saturated carbocycles. The molecular formula is C17H23N3OS. The summed E-state index contributed by atoms with van der Waals surface area (Å²) in [5.74, 6) is 0.0911. The molecule has 1 aromatic heterocycles. The van der Waals surface area contributed by atoms with Crippen LogP contribution in [0.3, 0.4) is 0 Å². The number of aryl methyl sites for hydroxylation is 3. The first-order chi connectivity index (χ1) is 10.6. The predicted molar refractivity (Wildman–Crippen MR) is 92.0 cm³/mol. The van der Waals surface area contributed by atoms with Crippen LogP contribution in [0, 0.1) is 6.92 Å². The first kappa shape index (κ1) is 16.5. The first-order valence-electron chi connectivity index (χ1n) is 7.66. The standard InChI is InChI=1S/C17H23N3OS/c1-13-12-22-17(20-13)8-4-5-11-19-16(21)10-9-14-6-2-3-7-15(14)18/h2-3,6-7,12H,4-5,8-11,18H2,1H3,(H,19,21). The minimum Gasteiger partial charge on any atom is -0.399 e. The van der Waals surface area contributed by atoms with Crippen LogP contribution in [0.2, 0.25) is 0 Å². The number of anilines is 1. The van der Waals surface area contributed by atoms with Gasteiger partial charge in [-0.3, -0.25) is 4.79 Å². The van der Waals surface area contributed by atoms with Crippen LogP contribution in [0.4, 0.5) is 5.69 Å². The predicted octanol–water partition coefficient (Wildman–Crippen LogP) is 3.11. The number of amides is 1. The zero-order chi connectivity index (χ0) is 15.8. The second-order valence-electron chi connectivity index (χ2n) is 5.39. The lowest BCUT2D eigenvalue weighted by atomic mass is 10.1. The monoisotopic (exact) mass is 317 g/mol. The van der Waals surface area contributed by atoms with Gasteiger partial charge in [0, 0.05) is 29.7 Å². The third-order valence-corrected chi connectivity index (χ3v) is 4.51. The number of carbonyl (C=O) groups is 1. The fourth-order valence-electron chi connectivity index (χ4n) is 2.25. The van der Waals surface area contributed by atoms with Crippen molar-refractivity contribution in [3.05, 3.63) is 45.9 Å². The van der Waals surface area contributed by atoms with Crippen molar-refractivity contribution in [2.24, 2.45) is 0 Å². The third kappa shape index (κ3) is 5.48. The van der Waals surface area contributed by atoms with Crippen molar-refractivity contribution in [3.8, 4) is 0 Å². The number of nitrogens with zero attached hydrogens (tertiary/aromatic N) is 1. The molecule has 2 rings (SSSR count). The SMILES string of the molecule is Cc1csc(CCCCNC(=O)CCc2ccccc2N)n1. The van der Waals surface area contributed by atoms with E-state index in [0.717, 1.165) is 42.8 Å². The normalized spacial score (nSPS) is 10.6. The molecule has 0 unspecified atom stereocenters. The molecule has 22 heavy (non-hydrogen) atoms. The van der Waals surface area contributed by atoms with Gasteiger partial charge in [-0.05, 0) is 44.2 Å². The molecule has 0 bridgehead atoms. The number of hydrogen-bond donors (Lipinski definition) is 2. The first-order valence-corrected chi connectivity index (χ1v) is 8.54. The zero-order valence-electron chi connectivity index (χ0n) is 13.0. The Kier molecular flexibility index (Phi) is 6.40. The van der Waals surface area contributed by atoms with E-state index in [1.54, 1.807) is 11.3 Å². The van der Waals surface area contributed by atoms with Gasteiger partial charge in [0.15, 0.2) is 0 Å². The molecular weight excluding hydrogens is 294 g/mol. The summed E-state index contributed by atoms with van der Waals surface area (Å²) in [6, 6.07) is 7.69. The van der Waals surface area contributed by atoms with Gasteiger partial charge in [0.05, 0.1) is 5.01 Å². The van der Waals surface area contributed by atoms with Crippen LogP contribution in [-0.4, -0.2) is 17.4 Å². The number of nitrogens with one attached hydrogen (secondary N) is 1. The molecule has 0 aliphatic carbocycles. The lowest BCUT2D eigenvalue weighted by Gasteiger charge is -2.06. The van der Waals surface area contributed by atoms with Crippen molar-refractivity contribution in [1.29, 1.82) is 0 Å². The highest BCUT2D eigenvalue weighted by atomic mass is 32.1. The van der Waals surface area contributed by atoms with E-state index in [1.165, 1.54) is 5.01 Å². The van der Waals surface area contributed by atoms with Crippen LogP contribution in [0.15, 0.2) is 29.6 Å².